The molecule has 0 saturated heterocycles. The fourth-order valence-corrected chi connectivity index (χ4v) is 2.51. The van der Waals surface area contributed by atoms with E-state index in [2.05, 4.69) is 56.3 Å². The minimum Gasteiger partial charge on any atom is -0.377 e. The van der Waals surface area contributed by atoms with Gasteiger partial charge in [0, 0.05) is 14.2 Å². The molecule has 2 aromatic carbocycles. The van der Waals surface area contributed by atoms with E-state index in [1.165, 1.54) is 22.3 Å². The van der Waals surface area contributed by atoms with Gasteiger partial charge in [-0.25, -0.2) is 0 Å². The topological polar surface area (TPSA) is 18.5 Å². The molecule has 2 unspecified atom stereocenters. The predicted molar refractivity (Wildman–Crippen MR) is 82.7 cm³/mol. The summed E-state index contributed by atoms with van der Waals surface area (Å²) in [5.41, 5.74) is 4.80. The second kappa shape index (κ2) is 6.69. The van der Waals surface area contributed by atoms with Crippen LogP contribution in [0, 0.1) is 0 Å². The van der Waals surface area contributed by atoms with Crippen molar-refractivity contribution in [1.82, 2.24) is 0 Å². The third-order valence-electron chi connectivity index (χ3n) is 3.78. The molecule has 0 aromatic heterocycles. The average Bonchev–Trinajstić information content (AvgIpc) is 2.53. The van der Waals surface area contributed by atoms with Crippen LogP contribution in [-0.4, -0.2) is 14.2 Å². The molecule has 0 fully saturated rings. The van der Waals surface area contributed by atoms with Crippen molar-refractivity contribution >= 4 is 0 Å². The van der Waals surface area contributed by atoms with E-state index in [4.69, 9.17) is 9.47 Å². The molecule has 0 bridgehead atoms. The first-order valence-corrected chi connectivity index (χ1v) is 6.92. The van der Waals surface area contributed by atoms with Gasteiger partial charge in [-0.1, -0.05) is 48.5 Å². The number of rotatable bonds is 5. The Morgan fingerprint density at radius 1 is 0.750 bits per heavy atom. The molecular formula is C18H22O2. The van der Waals surface area contributed by atoms with E-state index in [0.717, 1.165) is 0 Å². The van der Waals surface area contributed by atoms with Gasteiger partial charge in [0.1, 0.15) is 0 Å². The van der Waals surface area contributed by atoms with Crippen molar-refractivity contribution in [3.8, 4) is 11.1 Å². The molecule has 2 heteroatoms. The Balaban J connectivity index is 2.62. The maximum atomic E-state index is 5.58. The summed E-state index contributed by atoms with van der Waals surface area (Å²) >= 11 is 0. The van der Waals surface area contributed by atoms with Gasteiger partial charge in [0.05, 0.1) is 12.2 Å². The van der Waals surface area contributed by atoms with Gasteiger partial charge >= 0.3 is 0 Å². The molecule has 0 N–H and O–H groups in total. The van der Waals surface area contributed by atoms with Crippen LogP contribution in [0.1, 0.15) is 37.2 Å². The normalized spacial score (nSPS) is 14.0. The van der Waals surface area contributed by atoms with Gasteiger partial charge in [0.2, 0.25) is 0 Å². The summed E-state index contributed by atoms with van der Waals surface area (Å²) in [5.74, 6) is 0. The Hall–Kier alpha value is -1.64. The van der Waals surface area contributed by atoms with Crippen LogP contribution in [0.2, 0.25) is 0 Å². The highest BCUT2D eigenvalue weighted by atomic mass is 16.5. The van der Waals surface area contributed by atoms with E-state index in [9.17, 15) is 0 Å². The second-order valence-corrected chi connectivity index (χ2v) is 4.93. The molecule has 106 valence electrons. The molecule has 2 aromatic rings. The lowest BCUT2D eigenvalue weighted by Gasteiger charge is -2.23. The summed E-state index contributed by atoms with van der Waals surface area (Å²) in [5, 5.41) is 0. The van der Waals surface area contributed by atoms with Gasteiger partial charge in [-0.05, 0) is 36.1 Å². The fraction of sp³-hybridized carbons (Fsp3) is 0.333. The van der Waals surface area contributed by atoms with Crippen LogP contribution in [0.4, 0.5) is 0 Å². The number of methoxy groups -OCH3 is 2. The van der Waals surface area contributed by atoms with Crippen LogP contribution in [-0.2, 0) is 9.47 Å². The Morgan fingerprint density at radius 3 is 2.00 bits per heavy atom. The quantitative estimate of drug-likeness (QED) is 0.779. The van der Waals surface area contributed by atoms with Gasteiger partial charge in [-0.15, -0.1) is 0 Å². The molecule has 0 aliphatic rings. The molecule has 20 heavy (non-hydrogen) atoms. The molecule has 0 spiro atoms. The van der Waals surface area contributed by atoms with Crippen LogP contribution < -0.4 is 0 Å². The standard InChI is InChI=1S/C18H22O2/c1-13(19-3)16-11-8-12-17(18(16)14(2)20-4)15-9-6-5-7-10-15/h5-14H,1-4H3. The van der Waals surface area contributed by atoms with Crippen LogP contribution in [0.25, 0.3) is 11.1 Å². The molecular weight excluding hydrogens is 248 g/mol. The predicted octanol–water partition coefficient (Wildman–Crippen LogP) is 4.77. The van der Waals surface area contributed by atoms with E-state index in [1.807, 2.05) is 6.07 Å². The maximum Gasteiger partial charge on any atom is 0.0802 e. The molecule has 0 aliphatic heterocycles. The van der Waals surface area contributed by atoms with E-state index in [0.29, 0.717) is 0 Å². The Labute approximate surface area is 121 Å². The summed E-state index contributed by atoms with van der Waals surface area (Å²) in [6, 6.07) is 16.7. The molecule has 0 amide bonds. The molecule has 2 nitrogen and oxygen atoms in total. The average molecular weight is 270 g/mol. The molecule has 0 radical (unpaired) electrons. The largest absolute Gasteiger partial charge is 0.377 e. The van der Waals surface area contributed by atoms with Crippen molar-refractivity contribution in [2.24, 2.45) is 0 Å². The first-order chi connectivity index (χ1) is 9.69. The zero-order valence-corrected chi connectivity index (χ0v) is 12.6. The Bertz CT molecular complexity index is 549. The van der Waals surface area contributed by atoms with Crippen LogP contribution in [0.5, 0.6) is 0 Å². The lowest BCUT2D eigenvalue weighted by molar-refractivity contribution is 0.101. The smallest absolute Gasteiger partial charge is 0.0802 e. The summed E-state index contributed by atoms with van der Waals surface area (Å²) < 4.78 is 11.1. The molecule has 2 atom stereocenters. The van der Waals surface area contributed by atoms with Gasteiger partial charge in [0.15, 0.2) is 0 Å². The van der Waals surface area contributed by atoms with E-state index >= 15 is 0 Å². The monoisotopic (exact) mass is 270 g/mol. The zero-order valence-electron chi connectivity index (χ0n) is 12.6. The first-order valence-electron chi connectivity index (χ1n) is 6.92. The minimum atomic E-state index is 0.0269. The summed E-state index contributed by atoms with van der Waals surface area (Å²) in [6.45, 7) is 4.14. The van der Waals surface area contributed by atoms with Gasteiger partial charge in [-0.3, -0.25) is 0 Å². The second-order valence-electron chi connectivity index (χ2n) is 4.93. The van der Waals surface area contributed by atoms with Crippen LogP contribution in [0.3, 0.4) is 0 Å². The molecule has 0 heterocycles. The lowest BCUT2D eigenvalue weighted by atomic mass is 9.90. The lowest BCUT2D eigenvalue weighted by Crippen LogP contribution is -2.07. The molecule has 0 aliphatic carbocycles. The van der Waals surface area contributed by atoms with Gasteiger partial charge in [-0.2, -0.15) is 0 Å². The third-order valence-corrected chi connectivity index (χ3v) is 3.78. The van der Waals surface area contributed by atoms with Crippen molar-refractivity contribution < 1.29 is 9.47 Å². The SMILES string of the molecule is COC(C)c1cccc(-c2ccccc2)c1C(C)OC. The number of ether oxygens (including phenoxy) is 2. The maximum absolute atomic E-state index is 5.58. The highest BCUT2D eigenvalue weighted by molar-refractivity contribution is 5.69. The van der Waals surface area contributed by atoms with Crippen LogP contribution in [0.15, 0.2) is 48.5 Å². The van der Waals surface area contributed by atoms with Gasteiger partial charge < -0.3 is 9.47 Å². The van der Waals surface area contributed by atoms with Crippen molar-refractivity contribution in [1.29, 1.82) is 0 Å². The summed E-state index contributed by atoms with van der Waals surface area (Å²) in [6.07, 6.45) is 0.0743. The number of hydrogen-bond acceptors (Lipinski definition) is 2. The highest BCUT2D eigenvalue weighted by Crippen LogP contribution is 2.35. The fourth-order valence-electron chi connectivity index (χ4n) is 2.51. The minimum absolute atomic E-state index is 0.0269. The van der Waals surface area contributed by atoms with E-state index < -0.39 is 0 Å². The highest BCUT2D eigenvalue weighted by Gasteiger charge is 2.19. The van der Waals surface area contributed by atoms with Gasteiger partial charge in [0.25, 0.3) is 0 Å². The Morgan fingerprint density at radius 2 is 1.40 bits per heavy atom. The number of hydrogen-bond donors (Lipinski definition) is 0. The van der Waals surface area contributed by atoms with E-state index in [1.54, 1.807) is 14.2 Å². The number of benzene rings is 2. The van der Waals surface area contributed by atoms with Crippen molar-refractivity contribution in [3.05, 3.63) is 59.7 Å². The van der Waals surface area contributed by atoms with Crippen molar-refractivity contribution in [2.45, 2.75) is 26.1 Å². The summed E-state index contributed by atoms with van der Waals surface area (Å²) in [4.78, 5) is 0. The third kappa shape index (κ3) is 2.92. The van der Waals surface area contributed by atoms with Crippen molar-refractivity contribution in [2.75, 3.05) is 14.2 Å². The van der Waals surface area contributed by atoms with Crippen molar-refractivity contribution in [3.63, 3.8) is 0 Å². The molecule has 0 saturated carbocycles. The Kier molecular flexibility index (Phi) is 4.94. The summed E-state index contributed by atoms with van der Waals surface area (Å²) in [7, 11) is 3.48. The zero-order chi connectivity index (χ0) is 14.5. The molecule has 2 rings (SSSR count). The van der Waals surface area contributed by atoms with E-state index in [-0.39, 0.29) is 12.2 Å². The van der Waals surface area contributed by atoms with Crippen LogP contribution >= 0.6 is 0 Å². The first kappa shape index (κ1) is 14.8.